The lowest BCUT2D eigenvalue weighted by molar-refractivity contribution is 0.318. The Morgan fingerprint density at radius 3 is 3.06 bits per heavy atom. The summed E-state index contributed by atoms with van der Waals surface area (Å²) in [5.74, 6) is 0.0146. The fourth-order valence-electron chi connectivity index (χ4n) is 1.60. The van der Waals surface area contributed by atoms with Crippen LogP contribution in [0.15, 0.2) is 40.3 Å². The number of hydrogen-bond acceptors (Lipinski definition) is 5. The van der Waals surface area contributed by atoms with Gasteiger partial charge in [-0.05, 0) is 34.5 Å². The number of hydrogen-bond donors (Lipinski definition) is 2. The normalized spacial score (nSPS) is 11.5. The van der Waals surface area contributed by atoms with E-state index in [1.54, 1.807) is 23.6 Å². The zero-order valence-corrected chi connectivity index (χ0v) is 10.8. The molecule has 3 N–H and O–H groups in total. The first-order valence-electron chi connectivity index (χ1n) is 5.37. The first-order valence-corrected chi connectivity index (χ1v) is 6.31. The van der Waals surface area contributed by atoms with Gasteiger partial charge in [-0.1, -0.05) is 5.16 Å². The highest BCUT2D eigenvalue weighted by Crippen LogP contribution is 2.17. The van der Waals surface area contributed by atoms with Crippen molar-refractivity contribution >= 4 is 22.9 Å². The van der Waals surface area contributed by atoms with Crippen molar-refractivity contribution in [2.45, 2.75) is 6.54 Å². The molecule has 0 aliphatic rings. The Labute approximate surface area is 109 Å². The minimum atomic E-state index is 0.0146. The molecule has 6 heteroatoms. The van der Waals surface area contributed by atoms with Crippen LogP contribution in [-0.2, 0) is 6.54 Å². The molecule has 0 spiro atoms. The molecule has 2 aromatic rings. The number of pyridine rings is 1. The number of nitrogens with zero attached hydrogens (tertiary/aromatic N) is 3. The Bertz CT molecular complexity index is 539. The second-order valence-corrected chi connectivity index (χ2v) is 4.65. The summed E-state index contributed by atoms with van der Waals surface area (Å²) in [6.45, 7) is 0.809. The van der Waals surface area contributed by atoms with Crippen LogP contribution in [0.25, 0.3) is 0 Å². The number of rotatable bonds is 4. The van der Waals surface area contributed by atoms with Crippen molar-refractivity contribution in [3.05, 3.63) is 46.4 Å². The van der Waals surface area contributed by atoms with Gasteiger partial charge in [0.1, 0.15) is 5.69 Å². The Balaban J connectivity index is 2.17. The number of oxime groups is 1. The molecular formula is C12H14N4OS. The molecule has 0 amide bonds. The zero-order chi connectivity index (χ0) is 13.0. The molecule has 2 aromatic heterocycles. The minimum absolute atomic E-state index is 0.0146. The molecule has 0 saturated heterocycles. The van der Waals surface area contributed by atoms with Crippen LogP contribution in [0, 0.1) is 0 Å². The van der Waals surface area contributed by atoms with Crippen molar-refractivity contribution in [3.8, 4) is 0 Å². The molecule has 0 aromatic carbocycles. The number of aromatic nitrogens is 1. The van der Waals surface area contributed by atoms with Gasteiger partial charge in [0, 0.05) is 25.5 Å². The third-order valence-electron chi connectivity index (χ3n) is 2.55. The minimum Gasteiger partial charge on any atom is -0.409 e. The maximum atomic E-state index is 8.64. The van der Waals surface area contributed by atoms with Crippen molar-refractivity contribution in [3.63, 3.8) is 0 Å². The van der Waals surface area contributed by atoms with Gasteiger partial charge in [-0.25, -0.2) is 0 Å². The molecule has 0 saturated carbocycles. The van der Waals surface area contributed by atoms with E-state index in [-0.39, 0.29) is 5.84 Å². The smallest absolute Gasteiger partial charge is 0.188 e. The van der Waals surface area contributed by atoms with Crippen molar-refractivity contribution in [2.24, 2.45) is 10.9 Å². The fraction of sp³-hybridized carbons (Fsp3) is 0.167. The van der Waals surface area contributed by atoms with E-state index in [0.717, 1.165) is 12.2 Å². The summed E-state index contributed by atoms with van der Waals surface area (Å²) in [4.78, 5) is 6.13. The fourth-order valence-corrected chi connectivity index (χ4v) is 2.26. The molecule has 2 heterocycles. The van der Waals surface area contributed by atoms with E-state index in [0.29, 0.717) is 5.69 Å². The summed E-state index contributed by atoms with van der Waals surface area (Å²) in [7, 11) is 1.99. The Kier molecular flexibility index (Phi) is 3.78. The molecule has 0 aliphatic heterocycles. The van der Waals surface area contributed by atoms with Crippen molar-refractivity contribution in [1.82, 2.24) is 4.98 Å². The third kappa shape index (κ3) is 2.78. The summed E-state index contributed by atoms with van der Waals surface area (Å²) >= 11 is 1.68. The highest BCUT2D eigenvalue weighted by Gasteiger charge is 2.06. The molecule has 0 atom stereocenters. The van der Waals surface area contributed by atoms with Crippen LogP contribution in [0.4, 0.5) is 5.69 Å². The van der Waals surface area contributed by atoms with E-state index >= 15 is 0 Å². The molecule has 0 unspecified atom stereocenters. The number of nitrogens with two attached hydrogens (primary N) is 1. The lowest BCUT2D eigenvalue weighted by Gasteiger charge is -2.18. The average molecular weight is 262 g/mol. The highest BCUT2D eigenvalue weighted by molar-refractivity contribution is 7.07. The van der Waals surface area contributed by atoms with Crippen molar-refractivity contribution < 1.29 is 5.21 Å². The predicted octanol–water partition coefficient (Wildman–Crippen LogP) is 1.87. The van der Waals surface area contributed by atoms with Crippen LogP contribution in [0.2, 0.25) is 0 Å². The lowest BCUT2D eigenvalue weighted by Crippen LogP contribution is -2.19. The van der Waals surface area contributed by atoms with Gasteiger partial charge < -0.3 is 15.8 Å². The van der Waals surface area contributed by atoms with Gasteiger partial charge in [-0.2, -0.15) is 11.3 Å². The highest BCUT2D eigenvalue weighted by atomic mass is 32.1. The molecule has 2 rings (SSSR count). The maximum Gasteiger partial charge on any atom is 0.188 e. The van der Waals surface area contributed by atoms with E-state index in [4.69, 9.17) is 10.9 Å². The van der Waals surface area contributed by atoms with Gasteiger partial charge in [-0.15, -0.1) is 0 Å². The molecule has 94 valence electrons. The molecule has 0 aliphatic carbocycles. The Morgan fingerprint density at radius 1 is 1.56 bits per heavy atom. The zero-order valence-electron chi connectivity index (χ0n) is 9.95. The first kappa shape index (κ1) is 12.4. The van der Waals surface area contributed by atoms with Crippen LogP contribution in [0.5, 0.6) is 0 Å². The molecular weight excluding hydrogens is 248 g/mol. The van der Waals surface area contributed by atoms with Gasteiger partial charge in [0.05, 0.1) is 0 Å². The molecule has 0 fully saturated rings. The summed E-state index contributed by atoms with van der Waals surface area (Å²) in [6, 6.07) is 5.77. The van der Waals surface area contributed by atoms with Gasteiger partial charge in [0.2, 0.25) is 0 Å². The predicted molar refractivity (Wildman–Crippen MR) is 73.2 cm³/mol. The van der Waals surface area contributed by atoms with E-state index in [9.17, 15) is 0 Å². The summed E-state index contributed by atoms with van der Waals surface area (Å²) in [6.07, 6.45) is 1.65. The second-order valence-electron chi connectivity index (χ2n) is 3.87. The van der Waals surface area contributed by atoms with Crippen LogP contribution >= 0.6 is 11.3 Å². The van der Waals surface area contributed by atoms with Crippen LogP contribution in [0.3, 0.4) is 0 Å². The first-order chi connectivity index (χ1) is 8.70. The Morgan fingerprint density at radius 2 is 2.39 bits per heavy atom. The van der Waals surface area contributed by atoms with E-state index < -0.39 is 0 Å². The van der Waals surface area contributed by atoms with Crippen molar-refractivity contribution in [1.29, 1.82) is 0 Å². The standard InChI is InChI=1S/C12H14N4OS/c1-16(7-9-3-5-18-8-9)10-2-4-14-11(6-10)12(13)15-17/h2-6,8,17H,7H2,1H3,(H2,13,15). The van der Waals surface area contributed by atoms with Gasteiger partial charge in [-0.3, -0.25) is 4.98 Å². The number of thiophene rings is 1. The average Bonchev–Trinajstić information content (AvgIpc) is 2.90. The summed E-state index contributed by atoms with van der Waals surface area (Å²) in [5.41, 5.74) is 8.21. The van der Waals surface area contributed by atoms with E-state index in [1.165, 1.54) is 5.56 Å². The largest absolute Gasteiger partial charge is 0.409 e. The van der Waals surface area contributed by atoms with Gasteiger partial charge in [0.15, 0.2) is 5.84 Å². The van der Waals surface area contributed by atoms with Gasteiger partial charge in [0.25, 0.3) is 0 Å². The van der Waals surface area contributed by atoms with Gasteiger partial charge >= 0.3 is 0 Å². The summed E-state index contributed by atoms with van der Waals surface area (Å²) < 4.78 is 0. The molecule has 5 nitrogen and oxygen atoms in total. The van der Waals surface area contributed by atoms with Crippen LogP contribution in [0.1, 0.15) is 11.3 Å². The quantitative estimate of drug-likeness (QED) is 0.382. The number of anilines is 1. The lowest BCUT2D eigenvalue weighted by atomic mass is 10.2. The molecule has 18 heavy (non-hydrogen) atoms. The molecule has 0 bridgehead atoms. The Hall–Kier alpha value is -2.08. The second kappa shape index (κ2) is 5.50. The van der Waals surface area contributed by atoms with E-state index in [1.807, 2.05) is 13.1 Å². The van der Waals surface area contributed by atoms with Crippen molar-refractivity contribution in [2.75, 3.05) is 11.9 Å². The van der Waals surface area contributed by atoms with Crippen LogP contribution < -0.4 is 10.6 Å². The summed E-state index contributed by atoms with van der Waals surface area (Å²) in [5, 5.41) is 15.8. The molecule has 0 radical (unpaired) electrons. The monoisotopic (exact) mass is 262 g/mol. The van der Waals surface area contributed by atoms with Crippen LogP contribution in [-0.4, -0.2) is 23.1 Å². The third-order valence-corrected chi connectivity index (χ3v) is 3.29. The van der Waals surface area contributed by atoms with E-state index in [2.05, 4.69) is 31.9 Å². The maximum absolute atomic E-state index is 8.64. The SMILES string of the molecule is CN(Cc1ccsc1)c1ccnc(C(N)=NO)c1. The number of amidine groups is 1. The topological polar surface area (TPSA) is 74.7 Å².